The predicted molar refractivity (Wildman–Crippen MR) is 67.8 cm³/mol. The highest BCUT2D eigenvalue weighted by molar-refractivity contribution is 14.1. The average molecular weight is 313 g/mol. The Morgan fingerprint density at radius 3 is 3.14 bits per heavy atom. The second-order valence-corrected chi connectivity index (χ2v) is 6.35. The van der Waals surface area contributed by atoms with Gasteiger partial charge in [0.25, 0.3) is 0 Å². The summed E-state index contributed by atoms with van der Waals surface area (Å²) < 4.78 is 1.15. The maximum atomic E-state index is 4.58. The number of rotatable bonds is 0. The molecule has 2 aromatic rings. The molecule has 0 aliphatic heterocycles. The number of thiazole rings is 1. The minimum Gasteiger partial charge on any atom is -0.230 e. The fraction of sp³-hybridized carbons (Fsp3) is 0.182. The van der Waals surface area contributed by atoms with E-state index in [0.717, 1.165) is 9.44 Å². The van der Waals surface area contributed by atoms with Crippen molar-refractivity contribution < 1.29 is 0 Å². The van der Waals surface area contributed by atoms with Crippen molar-refractivity contribution >= 4 is 33.9 Å². The molecule has 1 heterocycles. The molecule has 14 heavy (non-hydrogen) atoms. The lowest BCUT2D eigenvalue weighted by atomic mass is 10.0. The smallest absolute Gasteiger partial charge is 0.154 e. The van der Waals surface area contributed by atoms with Crippen molar-refractivity contribution in [3.8, 4) is 11.3 Å². The zero-order valence-corrected chi connectivity index (χ0v) is 10.6. The van der Waals surface area contributed by atoms with Crippen LogP contribution in [0.2, 0.25) is 0 Å². The second kappa shape index (κ2) is 3.03. The second-order valence-electron chi connectivity index (χ2n) is 3.52. The third kappa shape index (κ3) is 1.15. The first-order chi connectivity index (χ1) is 6.75. The fourth-order valence-electron chi connectivity index (χ4n) is 1.97. The van der Waals surface area contributed by atoms with E-state index >= 15 is 0 Å². The minimum absolute atomic E-state index is 1.08. The van der Waals surface area contributed by atoms with Crippen LogP contribution in [0.5, 0.6) is 0 Å². The molecule has 70 valence electrons. The molecule has 3 rings (SSSR count). The number of hydrogen-bond donors (Lipinski definition) is 0. The first-order valence-electron chi connectivity index (χ1n) is 4.50. The summed E-state index contributed by atoms with van der Waals surface area (Å²) in [5, 5.41) is 0. The lowest BCUT2D eigenvalue weighted by Crippen LogP contribution is -1.85. The average Bonchev–Trinajstić information content (AvgIpc) is 2.63. The van der Waals surface area contributed by atoms with E-state index in [1.165, 1.54) is 27.3 Å². The van der Waals surface area contributed by atoms with Crippen LogP contribution in [0.15, 0.2) is 18.2 Å². The summed E-state index contributed by atoms with van der Waals surface area (Å²) in [6, 6.07) is 6.49. The van der Waals surface area contributed by atoms with Gasteiger partial charge in [-0.3, -0.25) is 0 Å². The molecule has 0 spiro atoms. The summed E-state index contributed by atoms with van der Waals surface area (Å²) in [5.41, 5.74) is 5.43. The van der Waals surface area contributed by atoms with E-state index < -0.39 is 0 Å². The molecule has 0 saturated carbocycles. The SMILES string of the molecule is Cc1cccc2c1Cc1sc(I)nc1-2. The monoisotopic (exact) mass is 313 g/mol. The number of fused-ring (bicyclic) bond motifs is 3. The Kier molecular flexibility index (Phi) is 1.92. The molecule has 3 heteroatoms. The number of hydrogen-bond acceptors (Lipinski definition) is 2. The highest BCUT2D eigenvalue weighted by atomic mass is 127. The van der Waals surface area contributed by atoms with Gasteiger partial charge in [-0.1, -0.05) is 18.2 Å². The molecular formula is C11H8INS. The molecule has 0 amide bonds. The van der Waals surface area contributed by atoms with E-state index in [-0.39, 0.29) is 0 Å². The van der Waals surface area contributed by atoms with Crippen LogP contribution in [0.25, 0.3) is 11.3 Å². The van der Waals surface area contributed by atoms with Crippen molar-refractivity contribution in [1.82, 2.24) is 4.98 Å². The third-order valence-electron chi connectivity index (χ3n) is 2.67. The van der Waals surface area contributed by atoms with Gasteiger partial charge in [0.1, 0.15) is 0 Å². The van der Waals surface area contributed by atoms with Crippen LogP contribution >= 0.6 is 33.9 Å². The normalized spacial score (nSPS) is 12.7. The molecule has 1 nitrogen and oxygen atoms in total. The molecule has 1 aliphatic carbocycles. The predicted octanol–water partition coefficient (Wildman–Crippen LogP) is 3.63. The van der Waals surface area contributed by atoms with Crippen molar-refractivity contribution in [3.05, 3.63) is 37.2 Å². The van der Waals surface area contributed by atoms with E-state index in [2.05, 4.69) is 52.7 Å². The quantitative estimate of drug-likeness (QED) is 0.578. The Labute approximate surface area is 100 Å². The molecule has 0 fully saturated rings. The summed E-state index contributed by atoms with van der Waals surface area (Å²) in [4.78, 5) is 6.01. The summed E-state index contributed by atoms with van der Waals surface area (Å²) in [6.07, 6.45) is 1.08. The van der Waals surface area contributed by atoms with Gasteiger partial charge in [0.05, 0.1) is 5.69 Å². The van der Waals surface area contributed by atoms with E-state index in [1.54, 1.807) is 0 Å². The summed E-state index contributed by atoms with van der Waals surface area (Å²) in [5.74, 6) is 0. The number of aryl methyl sites for hydroxylation is 1. The molecule has 0 radical (unpaired) electrons. The summed E-state index contributed by atoms with van der Waals surface area (Å²) in [7, 11) is 0. The number of halogens is 1. The summed E-state index contributed by atoms with van der Waals surface area (Å²) >= 11 is 4.12. The van der Waals surface area contributed by atoms with Crippen molar-refractivity contribution in [2.45, 2.75) is 13.3 Å². The lowest BCUT2D eigenvalue weighted by Gasteiger charge is -2.01. The Morgan fingerprint density at radius 2 is 2.29 bits per heavy atom. The molecule has 0 saturated heterocycles. The highest BCUT2D eigenvalue weighted by Gasteiger charge is 2.23. The first kappa shape index (κ1) is 8.85. The van der Waals surface area contributed by atoms with Crippen molar-refractivity contribution in [2.24, 2.45) is 0 Å². The van der Waals surface area contributed by atoms with Gasteiger partial charge in [-0.25, -0.2) is 4.98 Å². The number of nitrogens with zero attached hydrogens (tertiary/aromatic N) is 1. The Bertz CT molecular complexity index is 516. The van der Waals surface area contributed by atoms with Crippen molar-refractivity contribution in [2.75, 3.05) is 0 Å². The maximum absolute atomic E-state index is 4.58. The van der Waals surface area contributed by atoms with E-state index in [9.17, 15) is 0 Å². The topological polar surface area (TPSA) is 12.9 Å². The van der Waals surface area contributed by atoms with Crippen LogP contribution in [0.1, 0.15) is 16.0 Å². The Balaban J connectivity index is 2.30. The van der Waals surface area contributed by atoms with E-state index in [4.69, 9.17) is 0 Å². The molecule has 0 atom stereocenters. The van der Waals surface area contributed by atoms with Crippen molar-refractivity contribution in [3.63, 3.8) is 0 Å². The molecular weight excluding hydrogens is 305 g/mol. The Morgan fingerprint density at radius 1 is 1.43 bits per heavy atom. The lowest BCUT2D eigenvalue weighted by molar-refractivity contribution is 1.25. The molecule has 1 aliphatic rings. The minimum atomic E-state index is 1.08. The molecule has 0 unspecified atom stereocenters. The molecule has 0 N–H and O–H groups in total. The molecule has 1 aromatic heterocycles. The first-order valence-corrected chi connectivity index (χ1v) is 6.39. The van der Waals surface area contributed by atoms with E-state index in [0.29, 0.717) is 0 Å². The highest BCUT2D eigenvalue weighted by Crippen LogP contribution is 2.40. The van der Waals surface area contributed by atoms with Gasteiger partial charge in [-0.05, 0) is 40.6 Å². The van der Waals surface area contributed by atoms with Gasteiger partial charge in [0.2, 0.25) is 0 Å². The van der Waals surface area contributed by atoms with Crippen LogP contribution in [0, 0.1) is 9.94 Å². The Hall–Kier alpha value is -0.420. The van der Waals surface area contributed by atoms with Gasteiger partial charge in [0, 0.05) is 16.9 Å². The largest absolute Gasteiger partial charge is 0.230 e. The van der Waals surface area contributed by atoms with Crippen LogP contribution < -0.4 is 0 Å². The van der Waals surface area contributed by atoms with Gasteiger partial charge >= 0.3 is 0 Å². The van der Waals surface area contributed by atoms with Crippen molar-refractivity contribution in [1.29, 1.82) is 0 Å². The van der Waals surface area contributed by atoms with Gasteiger partial charge < -0.3 is 0 Å². The van der Waals surface area contributed by atoms with Crippen LogP contribution in [0.3, 0.4) is 0 Å². The van der Waals surface area contributed by atoms with Gasteiger partial charge in [0.15, 0.2) is 3.01 Å². The van der Waals surface area contributed by atoms with Gasteiger partial charge in [-0.2, -0.15) is 0 Å². The zero-order chi connectivity index (χ0) is 9.71. The zero-order valence-electron chi connectivity index (χ0n) is 7.67. The molecule has 1 aromatic carbocycles. The number of benzene rings is 1. The third-order valence-corrected chi connectivity index (χ3v) is 4.42. The van der Waals surface area contributed by atoms with Crippen LogP contribution in [0.4, 0.5) is 0 Å². The van der Waals surface area contributed by atoms with Crippen LogP contribution in [-0.4, -0.2) is 4.98 Å². The fourth-order valence-corrected chi connectivity index (χ4v) is 3.82. The van der Waals surface area contributed by atoms with Gasteiger partial charge in [-0.15, -0.1) is 11.3 Å². The number of aromatic nitrogens is 1. The molecule has 0 bridgehead atoms. The standard InChI is InChI=1S/C11H8INS/c1-6-3-2-4-7-8(6)5-9-10(7)13-11(12)14-9/h2-4H,5H2,1H3. The van der Waals surface area contributed by atoms with Crippen LogP contribution in [-0.2, 0) is 6.42 Å². The van der Waals surface area contributed by atoms with E-state index in [1.807, 2.05) is 11.3 Å². The maximum Gasteiger partial charge on any atom is 0.154 e. The summed E-state index contributed by atoms with van der Waals surface area (Å²) in [6.45, 7) is 2.18.